The van der Waals surface area contributed by atoms with Gasteiger partial charge in [0.05, 0.1) is 11.6 Å². The minimum atomic E-state index is -0.982. The monoisotopic (exact) mass is 276 g/mol. The molecule has 1 atom stereocenters. The van der Waals surface area contributed by atoms with Gasteiger partial charge >= 0.3 is 5.97 Å². The van der Waals surface area contributed by atoms with E-state index in [9.17, 15) is 9.90 Å². The van der Waals surface area contributed by atoms with Crippen molar-refractivity contribution in [2.45, 2.75) is 19.9 Å². The second kappa shape index (κ2) is 5.32. The molecule has 0 aliphatic rings. The maximum atomic E-state index is 11.2. The van der Waals surface area contributed by atoms with Gasteiger partial charge in [0.15, 0.2) is 0 Å². The fourth-order valence-corrected chi connectivity index (χ4v) is 2.73. The van der Waals surface area contributed by atoms with Crippen molar-refractivity contribution < 1.29 is 9.90 Å². The van der Waals surface area contributed by atoms with E-state index in [1.165, 1.54) is 15.8 Å². The molecule has 2 rings (SSSR count). The first-order valence-electron chi connectivity index (χ1n) is 5.93. The number of anilines is 2. The van der Waals surface area contributed by atoms with Crippen LogP contribution in [-0.2, 0) is 0 Å². The van der Waals surface area contributed by atoms with E-state index in [1.807, 2.05) is 13.8 Å². The Bertz CT molecular complexity index is 607. The summed E-state index contributed by atoms with van der Waals surface area (Å²) >= 11 is 1.70. The van der Waals surface area contributed by atoms with Gasteiger partial charge < -0.3 is 16.2 Å². The third-order valence-corrected chi connectivity index (χ3v) is 4.02. The molecular formula is C14H16N2O2S. The van der Waals surface area contributed by atoms with Gasteiger partial charge in [0.25, 0.3) is 0 Å². The zero-order chi connectivity index (χ0) is 14.0. The van der Waals surface area contributed by atoms with Crippen molar-refractivity contribution in [1.82, 2.24) is 0 Å². The maximum Gasteiger partial charge on any atom is 0.337 e. The Morgan fingerprint density at radius 3 is 2.68 bits per heavy atom. The molecule has 0 aliphatic heterocycles. The summed E-state index contributed by atoms with van der Waals surface area (Å²) in [4.78, 5) is 13.6. The lowest BCUT2D eigenvalue weighted by Crippen LogP contribution is -2.10. The van der Waals surface area contributed by atoms with Crippen LogP contribution in [0.1, 0.15) is 33.1 Å². The fourth-order valence-electron chi connectivity index (χ4n) is 1.86. The molecule has 0 aliphatic carbocycles. The van der Waals surface area contributed by atoms with Crippen molar-refractivity contribution in [3.05, 3.63) is 45.6 Å². The molecule has 1 aromatic carbocycles. The Labute approximate surface area is 115 Å². The number of thiophene rings is 1. The highest BCUT2D eigenvalue weighted by atomic mass is 32.1. The SMILES string of the molecule is Cc1ccc(C(C)Nc2ccc(N)cc2C(=O)O)s1. The maximum absolute atomic E-state index is 11.2. The molecule has 0 fully saturated rings. The highest BCUT2D eigenvalue weighted by molar-refractivity contribution is 7.12. The number of carboxylic acid groups (broad SMARTS) is 1. The molecule has 19 heavy (non-hydrogen) atoms. The van der Waals surface area contributed by atoms with Crippen molar-refractivity contribution in [3.8, 4) is 0 Å². The number of aryl methyl sites for hydroxylation is 1. The van der Waals surface area contributed by atoms with Crippen molar-refractivity contribution >= 4 is 28.7 Å². The number of carboxylic acids is 1. The van der Waals surface area contributed by atoms with E-state index >= 15 is 0 Å². The summed E-state index contributed by atoms with van der Waals surface area (Å²) in [5.74, 6) is -0.982. The predicted octanol–water partition coefficient (Wildman–Crippen LogP) is 3.51. The first-order chi connectivity index (χ1) is 8.97. The van der Waals surface area contributed by atoms with Gasteiger partial charge in [0.1, 0.15) is 0 Å². The number of rotatable bonds is 4. The molecule has 0 saturated heterocycles. The third kappa shape index (κ3) is 3.06. The van der Waals surface area contributed by atoms with Crippen LogP contribution in [0, 0.1) is 6.92 Å². The van der Waals surface area contributed by atoms with E-state index in [1.54, 1.807) is 23.5 Å². The molecule has 4 N–H and O–H groups in total. The summed E-state index contributed by atoms with van der Waals surface area (Å²) in [6, 6.07) is 9.03. The van der Waals surface area contributed by atoms with Gasteiger partial charge in [-0.1, -0.05) is 0 Å². The lowest BCUT2D eigenvalue weighted by atomic mass is 10.1. The van der Waals surface area contributed by atoms with Crippen LogP contribution in [0.3, 0.4) is 0 Å². The molecular weight excluding hydrogens is 260 g/mol. The van der Waals surface area contributed by atoms with E-state index in [2.05, 4.69) is 17.4 Å². The van der Waals surface area contributed by atoms with Gasteiger partial charge in [-0.25, -0.2) is 4.79 Å². The molecule has 100 valence electrons. The van der Waals surface area contributed by atoms with Crippen LogP contribution < -0.4 is 11.1 Å². The quantitative estimate of drug-likeness (QED) is 0.747. The van der Waals surface area contributed by atoms with E-state index in [4.69, 9.17) is 5.73 Å². The number of nitrogens with one attached hydrogen (secondary N) is 1. The van der Waals surface area contributed by atoms with Gasteiger partial charge in [0.2, 0.25) is 0 Å². The molecule has 1 aromatic heterocycles. The van der Waals surface area contributed by atoms with Gasteiger partial charge in [-0.05, 0) is 44.2 Å². The fraction of sp³-hybridized carbons (Fsp3) is 0.214. The summed E-state index contributed by atoms with van der Waals surface area (Å²) in [7, 11) is 0. The normalized spacial score (nSPS) is 12.1. The number of carbonyl (C=O) groups is 1. The van der Waals surface area contributed by atoms with Crippen LogP contribution in [0.25, 0.3) is 0 Å². The highest BCUT2D eigenvalue weighted by Crippen LogP contribution is 2.28. The molecule has 0 spiro atoms. The molecule has 5 heteroatoms. The summed E-state index contributed by atoms with van der Waals surface area (Å²) in [5, 5.41) is 12.4. The average molecular weight is 276 g/mol. The van der Waals surface area contributed by atoms with E-state index in [-0.39, 0.29) is 11.6 Å². The van der Waals surface area contributed by atoms with Gasteiger partial charge in [-0.15, -0.1) is 11.3 Å². The molecule has 2 aromatic rings. The van der Waals surface area contributed by atoms with Crippen molar-refractivity contribution in [2.75, 3.05) is 11.1 Å². The summed E-state index contributed by atoms with van der Waals surface area (Å²) in [6.07, 6.45) is 0. The second-order valence-electron chi connectivity index (χ2n) is 4.42. The largest absolute Gasteiger partial charge is 0.478 e. The number of hydrogen-bond donors (Lipinski definition) is 3. The van der Waals surface area contributed by atoms with Gasteiger partial charge in [-0.3, -0.25) is 0 Å². The zero-order valence-electron chi connectivity index (χ0n) is 10.8. The second-order valence-corrected chi connectivity index (χ2v) is 5.74. The standard InChI is InChI=1S/C14H16N2O2S/c1-8-3-6-13(19-8)9(2)16-12-5-4-10(15)7-11(12)14(17)18/h3-7,9,16H,15H2,1-2H3,(H,17,18). The molecule has 0 bridgehead atoms. The van der Waals surface area contributed by atoms with Crippen LogP contribution >= 0.6 is 11.3 Å². The van der Waals surface area contributed by atoms with Gasteiger partial charge in [-0.2, -0.15) is 0 Å². The zero-order valence-corrected chi connectivity index (χ0v) is 11.6. The summed E-state index contributed by atoms with van der Waals surface area (Å²) in [5.41, 5.74) is 6.85. The highest BCUT2D eigenvalue weighted by Gasteiger charge is 2.14. The minimum absolute atomic E-state index is 0.0559. The number of benzene rings is 1. The van der Waals surface area contributed by atoms with Crippen LogP contribution in [0.2, 0.25) is 0 Å². The van der Waals surface area contributed by atoms with Crippen LogP contribution in [0.5, 0.6) is 0 Å². The molecule has 0 saturated carbocycles. The van der Waals surface area contributed by atoms with Gasteiger partial charge in [0, 0.05) is 21.1 Å². The van der Waals surface area contributed by atoms with Crippen LogP contribution in [0.15, 0.2) is 30.3 Å². The third-order valence-electron chi connectivity index (χ3n) is 2.83. The first-order valence-corrected chi connectivity index (χ1v) is 6.74. The van der Waals surface area contributed by atoms with E-state index in [0.29, 0.717) is 11.4 Å². The minimum Gasteiger partial charge on any atom is -0.478 e. The van der Waals surface area contributed by atoms with E-state index < -0.39 is 5.97 Å². The lowest BCUT2D eigenvalue weighted by Gasteiger charge is -2.16. The molecule has 0 amide bonds. The van der Waals surface area contributed by atoms with Crippen molar-refractivity contribution in [2.24, 2.45) is 0 Å². The van der Waals surface area contributed by atoms with Crippen molar-refractivity contribution in [1.29, 1.82) is 0 Å². The topological polar surface area (TPSA) is 75.3 Å². The molecule has 0 radical (unpaired) electrons. The number of nitrogens with two attached hydrogens (primary N) is 1. The Morgan fingerprint density at radius 1 is 1.37 bits per heavy atom. The Balaban J connectivity index is 2.26. The summed E-state index contributed by atoms with van der Waals surface area (Å²) in [6.45, 7) is 4.06. The lowest BCUT2D eigenvalue weighted by molar-refractivity contribution is 0.0698. The Hall–Kier alpha value is -2.01. The number of nitrogen functional groups attached to an aromatic ring is 1. The smallest absolute Gasteiger partial charge is 0.337 e. The predicted molar refractivity (Wildman–Crippen MR) is 78.9 cm³/mol. The molecule has 4 nitrogen and oxygen atoms in total. The number of hydrogen-bond acceptors (Lipinski definition) is 4. The summed E-state index contributed by atoms with van der Waals surface area (Å²) < 4.78 is 0. The Morgan fingerprint density at radius 2 is 2.11 bits per heavy atom. The van der Waals surface area contributed by atoms with Crippen LogP contribution in [-0.4, -0.2) is 11.1 Å². The Kier molecular flexibility index (Phi) is 3.76. The van der Waals surface area contributed by atoms with Crippen molar-refractivity contribution in [3.63, 3.8) is 0 Å². The molecule has 1 unspecified atom stereocenters. The first kappa shape index (κ1) is 13.4. The van der Waals surface area contributed by atoms with E-state index in [0.717, 1.165) is 0 Å². The van der Waals surface area contributed by atoms with Crippen LogP contribution in [0.4, 0.5) is 11.4 Å². The molecule has 1 heterocycles. The number of aromatic carboxylic acids is 1. The average Bonchev–Trinajstić information content (AvgIpc) is 2.78.